The number of aromatic amines is 1. The van der Waals surface area contributed by atoms with Crippen LogP contribution in [0.25, 0.3) is 0 Å². The molecule has 1 atom stereocenters. The van der Waals surface area contributed by atoms with Crippen molar-refractivity contribution in [2.45, 2.75) is 58.4 Å². The van der Waals surface area contributed by atoms with E-state index < -0.39 is 0 Å². The molecule has 5 heteroatoms. The van der Waals surface area contributed by atoms with E-state index >= 15 is 0 Å². The van der Waals surface area contributed by atoms with E-state index in [1.807, 2.05) is 0 Å². The van der Waals surface area contributed by atoms with Crippen LogP contribution in [0, 0.1) is 4.77 Å². The molecular formula is C14H26N4S. The molecule has 0 aliphatic heterocycles. The predicted molar refractivity (Wildman–Crippen MR) is 81.1 cm³/mol. The first-order valence-corrected chi connectivity index (χ1v) is 7.97. The second kappa shape index (κ2) is 6.66. The van der Waals surface area contributed by atoms with Gasteiger partial charge < -0.3 is 9.47 Å². The topological polar surface area (TPSA) is 36.9 Å². The Hall–Kier alpha value is -0.680. The molecule has 1 N–H and O–H groups in total. The number of nitrogens with zero attached hydrogens (tertiary/aromatic N) is 3. The zero-order chi connectivity index (χ0) is 13.8. The minimum absolute atomic E-state index is 0.456. The van der Waals surface area contributed by atoms with Crippen LogP contribution in [0.2, 0.25) is 0 Å². The summed E-state index contributed by atoms with van der Waals surface area (Å²) >= 11 is 5.38. The van der Waals surface area contributed by atoms with E-state index in [-0.39, 0.29) is 0 Å². The Bertz CT molecular complexity index is 443. The van der Waals surface area contributed by atoms with Gasteiger partial charge in [0.25, 0.3) is 0 Å². The van der Waals surface area contributed by atoms with Crippen molar-refractivity contribution in [3.05, 3.63) is 10.6 Å². The molecule has 0 bridgehead atoms. The van der Waals surface area contributed by atoms with Crippen LogP contribution < -0.4 is 0 Å². The van der Waals surface area contributed by atoms with Crippen LogP contribution in [-0.2, 0) is 0 Å². The molecule has 0 radical (unpaired) electrons. The zero-order valence-corrected chi connectivity index (χ0v) is 13.2. The molecule has 1 heterocycles. The van der Waals surface area contributed by atoms with Gasteiger partial charge in [0.15, 0.2) is 4.77 Å². The summed E-state index contributed by atoms with van der Waals surface area (Å²) in [5, 5.41) is 7.38. The van der Waals surface area contributed by atoms with Gasteiger partial charge in [-0.2, -0.15) is 5.10 Å². The summed E-state index contributed by atoms with van der Waals surface area (Å²) in [5.41, 5.74) is 0. The summed E-state index contributed by atoms with van der Waals surface area (Å²) in [6.07, 6.45) is 4.93. The lowest BCUT2D eigenvalue weighted by Crippen LogP contribution is -2.24. The Labute approximate surface area is 121 Å². The Balaban J connectivity index is 1.91. The molecule has 1 fully saturated rings. The normalized spacial score (nSPS) is 17.1. The van der Waals surface area contributed by atoms with Crippen LogP contribution in [0.3, 0.4) is 0 Å². The van der Waals surface area contributed by atoms with Gasteiger partial charge in [0, 0.05) is 12.0 Å². The molecule has 1 aromatic rings. The molecular weight excluding hydrogens is 256 g/mol. The van der Waals surface area contributed by atoms with Crippen LogP contribution in [-0.4, -0.2) is 39.3 Å². The molecule has 4 nitrogen and oxygen atoms in total. The first kappa shape index (κ1) is 14.7. The van der Waals surface area contributed by atoms with Gasteiger partial charge in [0.2, 0.25) is 0 Å². The highest BCUT2D eigenvalue weighted by Crippen LogP contribution is 2.40. The van der Waals surface area contributed by atoms with E-state index in [0.29, 0.717) is 12.0 Å². The van der Waals surface area contributed by atoms with Gasteiger partial charge in [-0.3, -0.25) is 5.10 Å². The molecule has 1 aliphatic carbocycles. The fourth-order valence-electron chi connectivity index (χ4n) is 2.65. The first-order chi connectivity index (χ1) is 9.17. The van der Waals surface area contributed by atoms with Crippen molar-refractivity contribution in [2.75, 3.05) is 19.6 Å². The third-order valence-electron chi connectivity index (χ3n) is 4.11. The van der Waals surface area contributed by atoms with Crippen molar-refractivity contribution in [3.8, 4) is 0 Å². The average molecular weight is 282 g/mol. The summed E-state index contributed by atoms with van der Waals surface area (Å²) in [6, 6.07) is 0.456. The standard InChI is InChI=1S/C14H26N4S/c1-4-17(5-2)10-6-7-11(3)18-13(12-8-9-12)15-16-14(18)19/h11-12H,4-10H2,1-3H3,(H,16,19). The maximum absolute atomic E-state index is 5.38. The van der Waals surface area contributed by atoms with E-state index in [2.05, 4.69) is 40.4 Å². The van der Waals surface area contributed by atoms with Gasteiger partial charge in [-0.15, -0.1) is 0 Å². The molecule has 108 valence electrons. The van der Waals surface area contributed by atoms with E-state index in [9.17, 15) is 0 Å². The number of hydrogen-bond donors (Lipinski definition) is 1. The molecule has 0 aromatic carbocycles. The van der Waals surface area contributed by atoms with Gasteiger partial charge in [-0.25, -0.2) is 0 Å². The molecule has 1 unspecified atom stereocenters. The van der Waals surface area contributed by atoms with Crippen LogP contribution in [0.4, 0.5) is 0 Å². The Morgan fingerprint density at radius 2 is 2.11 bits per heavy atom. The third-order valence-corrected chi connectivity index (χ3v) is 4.39. The van der Waals surface area contributed by atoms with Crippen LogP contribution >= 0.6 is 12.2 Å². The van der Waals surface area contributed by atoms with Crippen molar-refractivity contribution in [1.82, 2.24) is 19.7 Å². The maximum atomic E-state index is 5.38. The van der Waals surface area contributed by atoms with Crippen molar-refractivity contribution >= 4 is 12.2 Å². The smallest absolute Gasteiger partial charge is 0.195 e. The highest BCUT2D eigenvalue weighted by molar-refractivity contribution is 7.71. The first-order valence-electron chi connectivity index (χ1n) is 7.56. The lowest BCUT2D eigenvalue weighted by molar-refractivity contribution is 0.287. The number of nitrogens with one attached hydrogen (secondary N) is 1. The SMILES string of the molecule is CCN(CC)CCCC(C)n1c(C2CC2)n[nH]c1=S. The summed E-state index contributed by atoms with van der Waals surface area (Å²) in [5.74, 6) is 1.83. The summed E-state index contributed by atoms with van der Waals surface area (Å²) in [6.45, 7) is 10.2. The molecule has 0 saturated heterocycles. The van der Waals surface area contributed by atoms with Gasteiger partial charge in [-0.1, -0.05) is 13.8 Å². The monoisotopic (exact) mass is 282 g/mol. The lowest BCUT2D eigenvalue weighted by Gasteiger charge is -2.20. The summed E-state index contributed by atoms with van der Waals surface area (Å²) in [7, 11) is 0. The van der Waals surface area contributed by atoms with E-state index in [1.165, 1.54) is 38.1 Å². The van der Waals surface area contributed by atoms with Gasteiger partial charge in [-0.05, 0) is 64.5 Å². The minimum atomic E-state index is 0.456. The molecule has 0 spiro atoms. The molecule has 19 heavy (non-hydrogen) atoms. The number of hydrogen-bond acceptors (Lipinski definition) is 3. The second-order valence-electron chi connectivity index (χ2n) is 5.55. The van der Waals surface area contributed by atoms with Gasteiger partial charge in [0.1, 0.15) is 5.82 Å². The molecule has 1 aromatic heterocycles. The van der Waals surface area contributed by atoms with Crippen molar-refractivity contribution in [1.29, 1.82) is 0 Å². The number of rotatable bonds is 8. The van der Waals surface area contributed by atoms with E-state index in [4.69, 9.17) is 12.2 Å². The lowest BCUT2D eigenvalue weighted by atomic mass is 10.1. The Kier molecular flexibility index (Phi) is 5.16. The highest BCUT2D eigenvalue weighted by Gasteiger charge is 2.30. The van der Waals surface area contributed by atoms with Crippen LogP contribution in [0.5, 0.6) is 0 Å². The van der Waals surface area contributed by atoms with Crippen LogP contribution in [0.1, 0.15) is 64.2 Å². The van der Waals surface area contributed by atoms with Gasteiger partial charge >= 0.3 is 0 Å². The predicted octanol–water partition coefficient (Wildman–Crippen LogP) is 3.50. The third kappa shape index (κ3) is 3.66. The largest absolute Gasteiger partial charge is 0.304 e. The Morgan fingerprint density at radius 3 is 2.68 bits per heavy atom. The van der Waals surface area contributed by atoms with Crippen molar-refractivity contribution < 1.29 is 0 Å². The van der Waals surface area contributed by atoms with Crippen molar-refractivity contribution in [3.63, 3.8) is 0 Å². The second-order valence-corrected chi connectivity index (χ2v) is 5.94. The van der Waals surface area contributed by atoms with Crippen LogP contribution in [0.15, 0.2) is 0 Å². The average Bonchev–Trinajstić information content (AvgIpc) is 3.18. The van der Waals surface area contributed by atoms with E-state index in [1.54, 1.807) is 0 Å². The molecule has 1 saturated carbocycles. The molecule has 2 rings (SSSR count). The number of aromatic nitrogens is 3. The summed E-state index contributed by atoms with van der Waals surface area (Å²) in [4.78, 5) is 2.48. The zero-order valence-electron chi connectivity index (χ0n) is 12.4. The quantitative estimate of drug-likeness (QED) is 0.741. The minimum Gasteiger partial charge on any atom is -0.304 e. The molecule has 1 aliphatic rings. The Morgan fingerprint density at radius 1 is 1.42 bits per heavy atom. The fraction of sp³-hybridized carbons (Fsp3) is 0.857. The maximum Gasteiger partial charge on any atom is 0.195 e. The van der Waals surface area contributed by atoms with E-state index in [0.717, 1.165) is 17.9 Å². The summed E-state index contributed by atoms with van der Waals surface area (Å²) < 4.78 is 3.03. The highest BCUT2D eigenvalue weighted by atomic mass is 32.1. The van der Waals surface area contributed by atoms with Gasteiger partial charge in [0.05, 0.1) is 0 Å². The molecule has 0 amide bonds. The fourth-order valence-corrected chi connectivity index (χ4v) is 2.97. The van der Waals surface area contributed by atoms with Crippen molar-refractivity contribution in [2.24, 2.45) is 0 Å². The number of H-pyrrole nitrogens is 1.